The number of benzene rings is 2. The number of nitrogens with zero attached hydrogens (tertiary/aromatic N) is 1. The predicted octanol–water partition coefficient (Wildman–Crippen LogP) is 4.14. The molecule has 1 fully saturated rings. The van der Waals surface area contributed by atoms with E-state index < -0.39 is 15.7 Å². The third-order valence-corrected chi connectivity index (χ3v) is 6.03. The fraction of sp³-hybridized carbons (Fsp3) is 0.318. The first-order chi connectivity index (χ1) is 13.8. The van der Waals surface area contributed by atoms with Crippen LogP contribution in [0.1, 0.15) is 34.5 Å². The lowest BCUT2D eigenvalue weighted by molar-refractivity contribution is 0.0998. The van der Waals surface area contributed by atoms with Gasteiger partial charge in [0, 0.05) is 41.7 Å². The number of furan rings is 1. The van der Waals surface area contributed by atoms with E-state index in [0.29, 0.717) is 22.2 Å². The lowest BCUT2D eigenvalue weighted by Crippen LogP contribution is -2.19. The van der Waals surface area contributed by atoms with Gasteiger partial charge in [0.2, 0.25) is 0 Å². The van der Waals surface area contributed by atoms with Crippen LogP contribution in [0.3, 0.4) is 0 Å². The molecular weight excluding hydrogens is 388 g/mol. The minimum absolute atomic E-state index is 0.0397. The third-order valence-electron chi connectivity index (χ3n) is 5.21. The fourth-order valence-electron chi connectivity index (χ4n) is 3.92. The topological polar surface area (TPSA) is 79.6 Å². The van der Waals surface area contributed by atoms with Crippen LogP contribution in [-0.4, -0.2) is 33.7 Å². The summed E-state index contributed by atoms with van der Waals surface area (Å²) in [5.74, 6) is -0.661. The summed E-state index contributed by atoms with van der Waals surface area (Å²) in [6.45, 7) is 4.14. The van der Waals surface area contributed by atoms with Crippen LogP contribution in [0.25, 0.3) is 11.0 Å². The summed E-state index contributed by atoms with van der Waals surface area (Å²) in [6.07, 6.45) is 3.55. The molecule has 6 nitrogen and oxygen atoms in total. The highest BCUT2D eigenvalue weighted by Crippen LogP contribution is 2.30. The Bertz CT molecular complexity index is 1170. The molecule has 2 heterocycles. The Kier molecular flexibility index (Phi) is 5.08. The second-order valence-electron chi connectivity index (χ2n) is 7.63. The molecule has 1 aliphatic rings. The third kappa shape index (κ3) is 4.15. The molecule has 1 aromatic heterocycles. The summed E-state index contributed by atoms with van der Waals surface area (Å²) in [5, 5.41) is 3.50. The van der Waals surface area contributed by atoms with E-state index in [0.717, 1.165) is 24.9 Å². The zero-order valence-electron chi connectivity index (χ0n) is 16.6. The standard InChI is InChI=1S/C22H24N2O4S/c1-15-13-16(9-10-19(15)24-11-5-6-12-24)23-22(25)21-18(14-29(2,26)27)17-7-3-4-8-20(17)28-21/h3-4,7-10,13H,5-6,11-12,14H2,1-2H3,(H,23,25). The van der Waals surface area contributed by atoms with Crippen LogP contribution in [0.15, 0.2) is 46.9 Å². The van der Waals surface area contributed by atoms with Crippen molar-refractivity contribution in [1.82, 2.24) is 0 Å². The second kappa shape index (κ2) is 7.55. The van der Waals surface area contributed by atoms with Crippen LogP contribution in [0, 0.1) is 6.92 Å². The van der Waals surface area contributed by atoms with E-state index in [-0.39, 0.29) is 11.5 Å². The molecule has 0 radical (unpaired) electrons. The van der Waals surface area contributed by atoms with Gasteiger partial charge >= 0.3 is 0 Å². The molecule has 1 saturated heterocycles. The van der Waals surface area contributed by atoms with Gasteiger partial charge in [-0.1, -0.05) is 18.2 Å². The van der Waals surface area contributed by atoms with E-state index in [4.69, 9.17) is 4.42 Å². The molecule has 0 unspecified atom stereocenters. The summed E-state index contributed by atoms with van der Waals surface area (Å²) in [4.78, 5) is 15.3. The minimum Gasteiger partial charge on any atom is -0.451 e. The number of sulfone groups is 1. The molecule has 152 valence electrons. The number of nitrogens with one attached hydrogen (secondary N) is 1. The van der Waals surface area contributed by atoms with E-state index in [9.17, 15) is 13.2 Å². The van der Waals surface area contributed by atoms with Crippen molar-refractivity contribution >= 4 is 38.1 Å². The summed E-state index contributed by atoms with van der Waals surface area (Å²) in [6, 6.07) is 12.9. The van der Waals surface area contributed by atoms with E-state index in [1.54, 1.807) is 24.3 Å². The first kappa shape index (κ1) is 19.5. The highest BCUT2D eigenvalue weighted by Gasteiger charge is 2.23. The predicted molar refractivity (Wildman–Crippen MR) is 115 cm³/mol. The summed E-state index contributed by atoms with van der Waals surface area (Å²) >= 11 is 0. The lowest BCUT2D eigenvalue weighted by Gasteiger charge is -2.20. The van der Waals surface area contributed by atoms with Gasteiger partial charge in [-0.15, -0.1) is 0 Å². The van der Waals surface area contributed by atoms with Gasteiger partial charge < -0.3 is 14.6 Å². The van der Waals surface area contributed by atoms with E-state index in [1.165, 1.54) is 18.5 Å². The Labute approximate surface area is 170 Å². The Morgan fingerprint density at radius 1 is 1.14 bits per heavy atom. The first-order valence-corrected chi connectivity index (χ1v) is 11.7. The van der Waals surface area contributed by atoms with Gasteiger partial charge in [-0.25, -0.2) is 8.42 Å². The molecule has 0 bridgehead atoms. The molecule has 7 heteroatoms. The van der Waals surface area contributed by atoms with Crippen molar-refractivity contribution in [2.45, 2.75) is 25.5 Å². The average molecular weight is 413 g/mol. The molecule has 29 heavy (non-hydrogen) atoms. The molecule has 3 aromatic rings. The Balaban J connectivity index is 1.64. The molecule has 4 rings (SSSR count). The number of fused-ring (bicyclic) bond motifs is 1. The SMILES string of the molecule is Cc1cc(NC(=O)c2oc3ccccc3c2CS(C)(=O)=O)ccc1N1CCCC1. The van der Waals surface area contributed by atoms with Crippen LogP contribution in [-0.2, 0) is 15.6 Å². The molecule has 0 atom stereocenters. The molecule has 1 N–H and O–H groups in total. The number of rotatable bonds is 5. The molecule has 1 aliphatic heterocycles. The maximum absolute atomic E-state index is 12.9. The Morgan fingerprint density at radius 3 is 2.55 bits per heavy atom. The molecule has 0 saturated carbocycles. The molecule has 1 amide bonds. The molecular formula is C22H24N2O4S. The van der Waals surface area contributed by atoms with Gasteiger partial charge in [0.1, 0.15) is 5.58 Å². The number of carbonyl (C=O) groups is 1. The highest BCUT2D eigenvalue weighted by molar-refractivity contribution is 7.89. The minimum atomic E-state index is -3.33. The average Bonchev–Trinajstić information content (AvgIpc) is 3.29. The summed E-state index contributed by atoms with van der Waals surface area (Å²) < 4.78 is 29.5. The van der Waals surface area contributed by atoms with Gasteiger partial charge in [-0.3, -0.25) is 4.79 Å². The monoisotopic (exact) mass is 412 g/mol. The van der Waals surface area contributed by atoms with Crippen LogP contribution >= 0.6 is 0 Å². The van der Waals surface area contributed by atoms with Crippen molar-refractivity contribution in [3.63, 3.8) is 0 Å². The van der Waals surface area contributed by atoms with Gasteiger partial charge in [-0.05, 0) is 49.6 Å². The van der Waals surface area contributed by atoms with E-state index >= 15 is 0 Å². The zero-order chi connectivity index (χ0) is 20.6. The van der Waals surface area contributed by atoms with Crippen molar-refractivity contribution in [2.75, 3.05) is 29.6 Å². The van der Waals surface area contributed by atoms with Gasteiger partial charge in [-0.2, -0.15) is 0 Å². The number of para-hydroxylation sites is 1. The highest BCUT2D eigenvalue weighted by atomic mass is 32.2. The van der Waals surface area contributed by atoms with Crippen molar-refractivity contribution in [3.05, 3.63) is 59.4 Å². The van der Waals surface area contributed by atoms with E-state index in [2.05, 4.69) is 10.2 Å². The Hall–Kier alpha value is -2.80. The van der Waals surface area contributed by atoms with Gasteiger partial charge in [0.05, 0.1) is 5.75 Å². The maximum atomic E-state index is 12.9. The maximum Gasteiger partial charge on any atom is 0.291 e. The van der Waals surface area contributed by atoms with Crippen LogP contribution < -0.4 is 10.2 Å². The molecule has 0 aliphatic carbocycles. The number of hydrogen-bond acceptors (Lipinski definition) is 5. The summed E-state index contributed by atoms with van der Waals surface area (Å²) in [7, 11) is -3.33. The first-order valence-electron chi connectivity index (χ1n) is 9.67. The number of carbonyl (C=O) groups excluding carboxylic acids is 1. The molecule has 0 spiro atoms. The number of amides is 1. The zero-order valence-corrected chi connectivity index (χ0v) is 17.4. The van der Waals surface area contributed by atoms with Gasteiger partial charge in [0.15, 0.2) is 15.6 Å². The summed E-state index contributed by atoms with van der Waals surface area (Å²) in [5.41, 5.74) is 3.82. The van der Waals surface area contributed by atoms with Crippen molar-refractivity contribution < 1.29 is 17.6 Å². The van der Waals surface area contributed by atoms with E-state index in [1.807, 2.05) is 25.1 Å². The van der Waals surface area contributed by atoms with Gasteiger partial charge in [0.25, 0.3) is 5.91 Å². The van der Waals surface area contributed by atoms with Crippen molar-refractivity contribution in [3.8, 4) is 0 Å². The molecule has 2 aromatic carbocycles. The number of anilines is 2. The van der Waals surface area contributed by atoms with Crippen molar-refractivity contribution in [1.29, 1.82) is 0 Å². The number of aryl methyl sites for hydroxylation is 1. The second-order valence-corrected chi connectivity index (χ2v) is 9.77. The Morgan fingerprint density at radius 2 is 1.86 bits per heavy atom. The van der Waals surface area contributed by atoms with Crippen LogP contribution in [0.4, 0.5) is 11.4 Å². The smallest absolute Gasteiger partial charge is 0.291 e. The lowest BCUT2D eigenvalue weighted by atomic mass is 10.1. The van der Waals surface area contributed by atoms with Crippen LogP contribution in [0.5, 0.6) is 0 Å². The normalized spacial score (nSPS) is 14.5. The number of hydrogen-bond donors (Lipinski definition) is 1. The quantitative estimate of drug-likeness (QED) is 0.681. The fourth-order valence-corrected chi connectivity index (χ4v) is 4.73. The van der Waals surface area contributed by atoms with Crippen LogP contribution in [0.2, 0.25) is 0 Å². The van der Waals surface area contributed by atoms with Crippen molar-refractivity contribution in [2.24, 2.45) is 0 Å². The largest absolute Gasteiger partial charge is 0.451 e.